The normalized spacial score (nSPS) is 28.2. The van der Waals surface area contributed by atoms with Gasteiger partial charge in [0.15, 0.2) is 0 Å². The van der Waals surface area contributed by atoms with Gasteiger partial charge in [-0.05, 0) is 45.3 Å². The Morgan fingerprint density at radius 3 is 2.14 bits per heavy atom. The molecule has 1 aromatic carbocycles. The molecular weight excluding hydrogens is 368 g/mol. The lowest BCUT2D eigenvalue weighted by Crippen LogP contribution is -2.56. The van der Waals surface area contributed by atoms with Crippen molar-refractivity contribution in [3.05, 3.63) is 35.9 Å². The average Bonchev–Trinajstić information content (AvgIpc) is 2.98. The van der Waals surface area contributed by atoms with Gasteiger partial charge in [-0.1, -0.05) is 30.3 Å². The number of likely N-dealkylation sites (N-methyl/N-ethyl adjacent to an activating group) is 1. The quantitative estimate of drug-likeness (QED) is 0.778. The molecule has 1 saturated carbocycles. The molecule has 7 nitrogen and oxygen atoms in total. The van der Waals surface area contributed by atoms with Gasteiger partial charge in [-0.15, -0.1) is 0 Å². The van der Waals surface area contributed by atoms with Crippen molar-refractivity contribution < 1.29 is 14.7 Å². The van der Waals surface area contributed by atoms with Crippen LogP contribution in [0.3, 0.4) is 0 Å². The lowest BCUT2D eigenvalue weighted by atomic mass is 9.68. The van der Waals surface area contributed by atoms with E-state index in [-0.39, 0.29) is 23.5 Å². The van der Waals surface area contributed by atoms with Gasteiger partial charge in [0.05, 0.1) is 19.8 Å². The molecule has 7 heteroatoms. The van der Waals surface area contributed by atoms with Gasteiger partial charge in [0, 0.05) is 31.7 Å². The van der Waals surface area contributed by atoms with Crippen LogP contribution in [0.15, 0.2) is 30.3 Å². The molecule has 0 radical (unpaired) electrons. The zero-order valence-electron chi connectivity index (χ0n) is 18.1. The van der Waals surface area contributed by atoms with E-state index in [2.05, 4.69) is 48.2 Å². The summed E-state index contributed by atoms with van der Waals surface area (Å²) >= 11 is 0. The zero-order valence-corrected chi connectivity index (χ0v) is 18.1. The van der Waals surface area contributed by atoms with E-state index in [1.807, 2.05) is 11.0 Å². The Morgan fingerprint density at radius 2 is 1.62 bits per heavy atom. The fraction of sp³-hybridized carbons (Fsp3) is 0.636. The molecule has 1 spiro atoms. The van der Waals surface area contributed by atoms with Crippen LogP contribution in [0.1, 0.15) is 31.2 Å². The van der Waals surface area contributed by atoms with Crippen molar-refractivity contribution in [1.29, 1.82) is 0 Å². The molecule has 3 rings (SSSR count). The maximum atomic E-state index is 12.5. The van der Waals surface area contributed by atoms with Gasteiger partial charge >= 0.3 is 5.97 Å². The predicted octanol–water partition coefficient (Wildman–Crippen LogP) is 1.50. The predicted molar refractivity (Wildman–Crippen MR) is 112 cm³/mol. The SMILES string of the molecule is CN(C)C(=O)CN1CN(CC(=O)O)C[C@]12CC[C@](c1ccccc1)(N(C)C)CC2. The van der Waals surface area contributed by atoms with Crippen LogP contribution in [-0.2, 0) is 15.1 Å². The highest BCUT2D eigenvalue weighted by atomic mass is 16.4. The highest BCUT2D eigenvalue weighted by Gasteiger charge is 2.51. The molecular formula is C22H34N4O3. The van der Waals surface area contributed by atoms with Crippen LogP contribution < -0.4 is 0 Å². The van der Waals surface area contributed by atoms with Crippen molar-refractivity contribution >= 4 is 11.9 Å². The summed E-state index contributed by atoms with van der Waals surface area (Å²) in [6.45, 7) is 1.60. The Labute approximate surface area is 173 Å². The molecule has 1 saturated heterocycles. The monoisotopic (exact) mass is 402 g/mol. The largest absolute Gasteiger partial charge is 0.480 e. The first-order chi connectivity index (χ1) is 13.7. The molecule has 1 aliphatic carbocycles. The Hall–Kier alpha value is -1.96. The second-order valence-electron chi connectivity index (χ2n) is 9.02. The minimum atomic E-state index is -0.816. The molecule has 1 N–H and O–H groups in total. The van der Waals surface area contributed by atoms with E-state index in [1.165, 1.54) is 5.56 Å². The smallest absolute Gasteiger partial charge is 0.317 e. The molecule has 0 unspecified atom stereocenters. The fourth-order valence-electron chi connectivity index (χ4n) is 5.12. The van der Waals surface area contributed by atoms with Crippen molar-refractivity contribution in [2.45, 2.75) is 36.8 Å². The van der Waals surface area contributed by atoms with E-state index in [9.17, 15) is 14.7 Å². The van der Waals surface area contributed by atoms with Crippen molar-refractivity contribution in [2.24, 2.45) is 0 Å². The van der Waals surface area contributed by atoms with Crippen molar-refractivity contribution in [3.63, 3.8) is 0 Å². The maximum absolute atomic E-state index is 12.5. The van der Waals surface area contributed by atoms with Crippen LogP contribution in [0, 0.1) is 0 Å². The summed E-state index contributed by atoms with van der Waals surface area (Å²) in [5.74, 6) is -0.752. The maximum Gasteiger partial charge on any atom is 0.317 e. The van der Waals surface area contributed by atoms with E-state index in [0.717, 1.165) is 25.7 Å². The van der Waals surface area contributed by atoms with Gasteiger partial charge in [-0.25, -0.2) is 0 Å². The van der Waals surface area contributed by atoms with Crippen LogP contribution in [0.5, 0.6) is 0 Å². The number of rotatable bonds is 6. The average molecular weight is 403 g/mol. The van der Waals surface area contributed by atoms with Crippen LogP contribution in [0.4, 0.5) is 0 Å². The van der Waals surface area contributed by atoms with Gasteiger partial charge in [0.1, 0.15) is 0 Å². The Morgan fingerprint density at radius 1 is 1.00 bits per heavy atom. The highest BCUT2D eigenvalue weighted by molar-refractivity contribution is 5.77. The third-order valence-electron chi connectivity index (χ3n) is 6.92. The highest BCUT2D eigenvalue weighted by Crippen LogP contribution is 2.48. The van der Waals surface area contributed by atoms with Crippen LogP contribution in [-0.4, -0.2) is 96.6 Å². The molecule has 0 atom stereocenters. The van der Waals surface area contributed by atoms with E-state index in [0.29, 0.717) is 19.8 Å². The number of nitrogens with zero attached hydrogens (tertiary/aromatic N) is 4. The van der Waals surface area contributed by atoms with Crippen molar-refractivity contribution in [3.8, 4) is 0 Å². The molecule has 2 aliphatic rings. The number of carbonyl (C=O) groups excluding carboxylic acids is 1. The van der Waals surface area contributed by atoms with Gasteiger partial charge in [0.2, 0.25) is 5.91 Å². The van der Waals surface area contributed by atoms with Gasteiger partial charge < -0.3 is 10.0 Å². The zero-order chi connectivity index (χ0) is 21.2. The minimum absolute atomic E-state index is 0.0198. The Bertz CT molecular complexity index is 727. The number of aliphatic carboxylic acids is 1. The number of hydrogen-bond donors (Lipinski definition) is 1. The van der Waals surface area contributed by atoms with E-state index >= 15 is 0 Å². The summed E-state index contributed by atoms with van der Waals surface area (Å²) in [6, 6.07) is 10.6. The second kappa shape index (κ2) is 8.42. The van der Waals surface area contributed by atoms with Gasteiger partial charge in [0.25, 0.3) is 0 Å². The molecule has 1 heterocycles. The first kappa shape index (κ1) is 21.7. The molecule has 1 aliphatic heterocycles. The molecule has 1 aromatic rings. The summed E-state index contributed by atoms with van der Waals surface area (Å²) in [7, 11) is 7.83. The van der Waals surface area contributed by atoms with Gasteiger partial charge in [-0.2, -0.15) is 0 Å². The number of carbonyl (C=O) groups is 2. The number of carboxylic acid groups (broad SMARTS) is 1. The number of carboxylic acids is 1. The number of hydrogen-bond acceptors (Lipinski definition) is 5. The fourth-order valence-corrected chi connectivity index (χ4v) is 5.12. The summed E-state index contributed by atoms with van der Waals surface area (Å²) < 4.78 is 0. The molecule has 160 valence electrons. The second-order valence-corrected chi connectivity index (χ2v) is 9.02. The lowest BCUT2D eigenvalue weighted by Gasteiger charge is -2.51. The van der Waals surface area contributed by atoms with Crippen LogP contribution >= 0.6 is 0 Å². The third kappa shape index (κ3) is 4.32. The van der Waals surface area contributed by atoms with E-state index in [1.54, 1.807) is 19.0 Å². The lowest BCUT2D eigenvalue weighted by molar-refractivity contribution is -0.138. The molecule has 0 aromatic heterocycles. The Balaban J connectivity index is 1.84. The first-order valence-electron chi connectivity index (χ1n) is 10.3. The Kier molecular flexibility index (Phi) is 6.31. The van der Waals surface area contributed by atoms with Gasteiger partial charge in [-0.3, -0.25) is 24.3 Å². The van der Waals surface area contributed by atoms with Crippen LogP contribution in [0.25, 0.3) is 0 Å². The summed E-state index contributed by atoms with van der Waals surface area (Å²) in [4.78, 5) is 31.9. The van der Waals surface area contributed by atoms with Crippen LogP contribution in [0.2, 0.25) is 0 Å². The standard InChI is InChI=1S/C22H34N4O3/c1-23(2)19(27)14-26-17-25(15-20(28)29)16-21(26)10-12-22(13-11-21,24(3)4)18-8-6-5-7-9-18/h5-9H,10-17H2,1-4H3,(H,28,29)/t21-,22+. The molecule has 0 bridgehead atoms. The van der Waals surface area contributed by atoms with Crippen molar-refractivity contribution in [1.82, 2.24) is 19.6 Å². The number of benzene rings is 1. The summed E-state index contributed by atoms with van der Waals surface area (Å²) in [5.41, 5.74) is 1.16. The van der Waals surface area contributed by atoms with E-state index in [4.69, 9.17) is 0 Å². The summed E-state index contributed by atoms with van der Waals surface area (Å²) in [5, 5.41) is 9.28. The molecule has 2 fully saturated rings. The summed E-state index contributed by atoms with van der Waals surface area (Å²) in [6.07, 6.45) is 3.85. The third-order valence-corrected chi connectivity index (χ3v) is 6.92. The number of amides is 1. The first-order valence-corrected chi connectivity index (χ1v) is 10.3. The minimum Gasteiger partial charge on any atom is -0.480 e. The molecule has 29 heavy (non-hydrogen) atoms. The van der Waals surface area contributed by atoms with E-state index < -0.39 is 5.97 Å². The topological polar surface area (TPSA) is 67.3 Å². The van der Waals surface area contributed by atoms with Crippen molar-refractivity contribution in [2.75, 3.05) is 54.5 Å². The molecule has 1 amide bonds.